The van der Waals surface area contributed by atoms with Crippen LogP contribution in [0.25, 0.3) is 0 Å². The van der Waals surface area contributed by atoms with Crippen LogP contribution in [0, 0.1) is 0 Å². The normalized spacial score (nSPS) is 17.9. The van der Waals surface area contributed by atoms with Gasteiger partial charge in [-0.2, -0.15) is 0 Å². The summed E-state index contributed by atoms with van der Waals surface area (Å²) in [6.07, 6.45) is 2.93. The fourth-order valence-electron chi connectivity index (χ4n) is 2.86. The third-order valence-electron chi connectivity index (χ3n) is 4.02. The number of piperidine rings is 1. The summed E-state index contributed by atoms with van der Waals surface area (Å²) in [4.78, 5) is 13.5. The summed E-state index contributed by atoms with van der Waals surface area (Å²) in [5, 5.41) is 3.01. The molecule has 0 spiro atoms. The van der Waals surface area contributed by atoms with Gasteiger partial charge in [-0.25, -0.2) is 0 Å². The maximum Gasteiger partial charge on any atom is 0.217 e. The molecule has 1 aliphatic heterocycles. The minimum atomic E-state index is 0.0665. The Bertz CT molecular complexity index is 453. The van der Waals surface area contributed by atoms with Gasteiger partial charge in [0, 0.05) is 37.8 Å². The number of benzene rings is 1. The average Bonchev–Trinajstić information content (AvgIpc) is 2.46. The molecule has 3 N–H and O–H groups in total. The second-order valence-corrected chi connectivity index (χ2v) is 5.54. The number of para-hydroxylation sites is 1. The molecule has 1 heterocycles. The van der Waals surface area contributed by atoms with Crippen LogP contribution in [0.5, 0.6) is 0 Å². The molecule has 0 saturated carbocycles. The monoisotopic (exact) mass is 275 g/mol. The van der Waals surface area contributed by atoms with E-state index in [-0.39, 0.29) is 11.9 Å². The Morgan fingerprint density at radius 1 is 1.40 bits per heavy atom. The van der Waals surface area contributed by atoms with Crippen LogP contribution in [0.15, 0.2) is 24.3 Å². The molecule has 1 aromatic carbocycles. The average molecular weight is 275 g/mol. The predicted molar refractivity (Wildman–Crippen MR) is 82.7 cm³/mol. The number of amides is 1. The van der Waals surface area contributed by atoms with Gasteiger partial charge < -0.3 is 16.0 Å². The zero-order valence-electron chi connectivity index (χ0n) is 12.4. The fourth-order valence-corrected chi connectivity index (χ4v) is 2.86. The van der Waals surface area contributed by atoms with Crippen molar-refractivity contribution in [2.24, 2.45) is 5.73 Å². The molecule has 0 aromatic heterocycles. The highest BCUT2D eigenvalue weighted by Crippen LogP contribution is 2.28. The van der Waals surface area contributed by atoms with Crippen LogP contribution in [-0.2, 0) is 4.79 Å². The van der Waals surface area contributed by atoms with E-state index < -0.39 is 0 Å². The Labute approximate surface area is 121 Å². The summed E-state index contributed by atoms with van der Waals surface area (Å²) < 4.78 is 0. The van der Waals surface area contributed by atoms with Crippen molar-refractivity contribution in [2.45, 2.75) is 45.2 Å². The van der Waals surface area contributed by atoms with Crippen molar-refractivity contribution in [3.8, 4) is 0 Å². The Balaban J connectivity index is 2.05. The lowest BCUT2D eigenvalue weighted by atomic mass is 9.99. The summed E-state index contributed by atoms with van der Waals surface area (Å²) in [6.45, 7) is 5.64. The van der Waals surface area contributed by atoms with Gasteiger partial charge in [-0.15, -0.1) is 0 Å². The topological polar surface area (TPSA) is 58.4 Å². The van der Waals surface area contributed by atoms with Gasteiger partial charge in [0.1, 0.15) is 0 Å². The van der Waals surface area contributed by atoms with Crippen LogP contribution >= 0.6 is 0 Å². The largest absolute Gasteiger partial charge is 0.371 e. The number of nitrogens with zero attached hydrogens (tertiary/aromatic N) is 1. The maximum absolute atomic E-state index is 11.1. The number of hydrogen-bond acceptors (Lipinski definition) is 3. The highest BCUT2D eigenvalue weighted by molar-refractivity contribution is 5.73. The van der Waals surface area contributed by atoms with Crippen molar-refractivity contribution in [1.29, 1.82) is 0 Å². The molecule has 110 valence electrons. The van der Waals surface area contributed by atoms with Gasteiger partial charge in [-0.3, -0.25) is 4.79 Å². The SMILES string of the molecule is CC[C@@H](N)c1ccccc1N1CCC(NC(C)=O)CC1. The molecule has 0 radical (unpaired) electrons. The molecule has 2 rings (SSSR count). The van der Waals surface area contributed by atoms with E-state index in [1.807, 2.05) is 0 Å². The zero-order chi connectivity index (χ0) is 14.5. The van der Waals surface area contributed by atoms with Crippen LogP contribution in [-0.4, -0.2) is 25.0 Å². The first-order chi connectivity index (χ1) is 9.61. The molecule has 0 bridgehead atoms. The minimum absolute atomic E-state index is 0.0665. The number of hydrogen-bond donors (Lipinski definition) is 2. The summed E-state index contributed by atoms with van der Waals surface area (Å²) >= 11 is 0. The summed E-state index contributed by atoms with van der Waals surface area (Å²) in [6, 6.07) is 8.82. The molecule has 4 nitrogen and oxygen atoms in total. The number of carbonyl (C=O) groups excluding carboxylic acids is 1. The van der Waals surface area contributed by atoms with Gasteiger partial charge in [-0.1, -0.05) is 25.1 Å². The van der Waals surface area contributed by atoms with E-state index >= 15 is 0 Å². The molecule has 1 fully saturated rings. The van der Waals surface area contributed by atoms with Gasteiger partial charge >= 0.3 is 0 Å². The Morgan fingerprint density at radius 3 is 2.65 bits per heavy atom. The standard InChI is InChI=1S/C16H25N3O/c1-3-15(17)14-6-4-5-7-16(14)19-10-8-13(9-11-19)18-12(2)20/h4-7,13,15H,3,8-11,17H2,1-2H3,(H,18,20)/t15-/m1/s1. The second kappa shape index (κ2) is 6.75. The molecule has 4 heteroatoms. The van der Waals surface area contributed by atoms with Crippen LogP contribution < -0.4 is 16.0 Å². The van der Waals surface area contributed by atoms with E-state index in [2.05, 4.69) is 41.4 Å². The first-order valence-corrected chi connectivity index (χ1v) is 7.48. The van der Waals surface area contributed by atoms with E-state index in [9.17, 15) is 4.79 Å². The van der Waals surface area contributed by atoms with Crippen molar-refractivity contribution in [3.63, 3.8) is 0 Å². The highest BCUT2D eigenvalue weighted by atomic mass is 16.1. The lowest BCUT2D eigenvalue weighted by Gasteiger charge is -2.35. The molecule has 1 aromatic rings. The van der Waals surface area contributed by atoms with Gasteiger partial charge in [0.05, 0.1) is 0 Å². The summed E-state index contributed by atoms with van der Waals surface area (Å²) in [7, 11) is 0. The molecule has 1 amide bonds. The van der Waals surface area contributed by atoms with Gasteiger partial charge in [0.15, 0.2) is 0 Å². The Morgan fingerprint density at radius 2 is 2.05 bits per heavy atom. The number of anilines is 1. The van der Waals surface area contributed by atoms with Crippen LogP contribution in [0.3, 0.4) is 0 Å². The smallest absolute Gasteiger partial charge is 0.217 e. The quantitative estimate of drug-likeness (QED) is 0.885. The fraction of sp³-hybridized carbons (Fsp3) is 0.562. The van der Waals surface area contributed by atoms with Crippen molar-refractivity contribution < 1.29 is 4.79 Å². The predicted octanol–water partition coefficient (Wildman–Crippen LogP) is 2.20. The van der Waals surface area contributed by atoms with Crippen molar-refractivity contribution in [1.82, 2.24) is 5.32 Å². The Kier molecular flexibility index (Phi) is 5.01. The van der Waals surface area contributed by atoms with E-state index in [4.69, 9.17) is 5.73 Å². The van der Waals surface area contributed by atoms with E-state index in [0.29, 0.717) is 6.04 Å². The van der Waals surface area contributed by atoms with E-state index in [0.717, 1.165) is 32.4 Å². The maximum atomic E-state index is 11.1. The first-order valence-electron chi connectivity index (χ1n) is 7.48. The number of rotatable bonds is 4. The Hall–Kier alpha value is -1.55. The number of nitrogens with one attached hydrogen (secondary N) is 1. The highest BCUT2D eigenvalue weighted by Gasteiger charge is 2.22. The summed E-state index contributed by atoms with van der Waals surface area (Å²) in [5.74, 6) is 0.0665. The van der Waals surface area contributed by atoms with Crippen molar-refractivity contribution in [2.75, 3.05) is 18.0 Å². The molecule has 0 unspecified atom stereocenters. The first kappa shape index (κ1) is 14.9. The van der Waals surface area contributed by atoms with Crippen LogP contribution in [0.1, 0.15) is 44.7 Å². The molecular formula is C16H25N3O. The third-order valence-corrected chi connectivity index (χ3v) is 4.02. The minimum Gasteiger partial charge on any atom is -0.371 e. The number of nitrogens with two attached hydrogens (primary N) is 1. The van der Waals surface area contributed by atoms with Crippen molar-refractivity contribution in [3.05, 3.63) is 29.8 Å². The lowest BCUT2D eigenvalue weighted by Crippen LogP contribution is -2.44. The molecule has 20 heavy (non-hydrogen) atoms. The lowest BCUT2D eigenvalue weighted by molar-refractivity contribution is -0.119. The van der Waals surface area contributed by atoms with Gasteiger partial charge in [0.25, 0.3) is 0 Å². The zero-order valence-corrected chi connectivity index (χ0v) is 12.4. The van der Waals surface area contributed by atoms with Crippen LogP contribution in [0.4, 0.5) is 5.69 Å². The number of carbonyl (C=O) groups is 1. The van der Waals surface area contributed by atoms with Crippen LogP contribution in [0.2, 0.25) is 0 Å². The van der Waals surface area contributed by atoms with Crippen molar-refractivity contribution >= 4 is 11.6 Å². The summed E-state index contributed by atoms with van der Waals surface area (Å²) in [5.41, 5.74) is 8.69. The molecule has 1 atom stereocenters. The van der Waals surface area contributed by atoms with E-state index in [1.54, 1.807) is 6.92 Å². The van der Waals surface area contributed by atoms with Gasteiger partial charge in [0.2, 0.25) is 5.91 Å². The third kappa shape index (κ3) is 3.51. The molecule has 1 saturated heterocycles. The molecular weight excluding hydrogens is 250 g/mol. The molecule has 0 aliphatic carbocycles. The molecule has 1 aliphatic rings. The second-order valence-electron chi connectivity index (χ2n) is 5.54. The van der Waals surface area contributed by atoms with Gasteiger partial charge in [-0.05, 0) is 30.9 Å². The van der Waals surface area contributed by atoms with E-state index in [1.165, 1.54) is 11.3 Å².